The molecule has 0 aromatic rings. The van der Waals surface area contributed by atoms with Gasteiger partial charge in [0, 0.05) is 13.2 Å². The Morgan fingerprint density at radius 3 is 1.18 bits per heavy atom. The zero-order valence-corrected chi connectivity index (χ0v) is 9.01. The number of methoxy groups -OCH3 is 1. The average Bonchev–Trinajstić information content (AvgIpc) is 1.89. The lowest BCUT2D eigenvalue weighted by Crippen LogP contribution is -2.20. The van der Waals surface area contributed by atoms with Gasteiger partial charge in [0.05, 0.1) is 6.10 Å². The summed E-state index contributed by atoms with van der Waals surface area (Å²) in [7, 11) is 5.85. The topological polar surface area (TPSA) is 12.5 Å². The van der Waals surface area contributed by atoms with Crippen LogP contribution in [0.4, 0.5) is 0 Å². The molecule has 0 aromatic heterocycles. The summed E-state index contributed by atoms with van der Waals surface area (Å²) in [5.74, 6) is 0. The second kappa shape index (κ2) is 8.02. The maximum absolute atomic E-state index is 4.75. The normalized spacial score (nSPS) is 10.4. The average molecular weight is 161 g/mol. The molecule has 2 heteroatoms. The number of nitrogens with zero attached hydrogens (tertiary/aromatic N) is 1. The van der Waals surface area contributed by atoms with Crippen LogP contribution in [0.25, 0.3) is 0 Å². The van der Waals surface area contributed by atoms with E-state index in [9.17, 15) is 0 Å². The molecule has 0 rings (SSSR count). The molecule has 0 aliphatic heterocycles. The van der Waals surface area contributed by atoms with Crippen LogP contribution in [0.3, 0.4) is 0 Å². The van der Waals surface area contributed by atoms with Gasteiger partial charge in [0.2, 0.25) is 0 Å². The van der Waals surface area contributed by atoms with Crippen LogP contribution in [0.15, 0.2) is 0 Å². The second-order valence-electron chi connectivity index (χ2n) is 3.34. The highest BCUT2D eigenvalue weighted by atomic mass is 16.5. The molecule has 70 valence electrons. The zero-order valence-electron chi connectivity index (χ0n) is 9.01. The van der Waals surface area contributed by atoms with Crippen molar-refractivity contribution in [1.29, 1.82) is 0 Å². The van der Waals surface area contributed by atoms with Gasteiger partial charge in [-0.15, -0.1) is 0 Å². The van der Waals surface area contributed by atoms with Crippen LogP contribution in [0.5, 0.6) is 0 Å². The third-order valence-corrected chi connectivity index (χ3v) is 1.50. The first-order chi connectivity index (χ1) is 4.91. The van der Waals surface area contributed by atoms with Crippen molar-refractivity contribution in [2.24, 2.45) is 0 Å². The molecule has 11 heavy (non-hydrogen) atoms. The van der Waals surface area contributed by atoms with Crippen LogP contribution in [-0.4, -0.2) is 38.3 Å². The summed E-state index contributed by atoms with van der Waals surface area (Å²) in [4.78, 5) is 2.17. The van der Waals surface area contributed by atoms with Crippen LogP contribution in [-0.2, 0) is 4.74 Å². The summed E-state index contributed by atoms with van der Waals surface area (Å²) in [5.41, 5.74) is 0. The van der Waals surface area contributed by atoms with Crippen molar-refractivity contribution in [3.63, 3.8) is 0 Å². The monoisotopic (exact) mass is 161 g/mol. The van der Waals surface area contributed by atoms with Crippen LogP contribution < -0.4 is 0 Å². The molecule has 0 aliphatic rings. The molecule has 0 saturated carbocycles. The van der Waals surface area contributed by atoms with Crippen LogP contribution in [0.1, 0.15) is 27.7 Å². The SMILES string of the molecule is CC(C)N(C)C.COC(C)C. The van der Waals surface area contributed by atoms with E-state index in [0.717, 1.165) is 0 Å². The van der Waals surface area contributed by atoms with Gasteiger partial charge in [-0.3, -0.25) is 0 Å². The molecule has 0 bridgehead atoms. The fourth-order valence-electron chi connectivity index (χ4n) is 0. The summed E-state index contributed by atoms with van der Waals surface area (Å²) in [6.07, 6.45) is 0.384. The first-order valence-electron chi connectivity index (χ1n) is 4.11. The van der Waals surface area contributed by atoms with Gasteiger partial charge >= 0.3 is 0 Å². The molecule has 0 amide bonds. The Labute approximate surface area is 71.5 Å². The Balaban J connectivity index is 0. The molecule has 0 spiro atoms. The lowest BCUT2D eigenvalue weighted by atomic mass is 10.4. The maximum atomic E-state index is 4.75. The van der Waals surface area contributed by atoms with Crippen molar-refractivity contribution in [2.75, 3.05) is 21.2 Å². The Bertz CT molecular complexity index is 64.0. The highest BCUT2D eigenvalue weighted by molar-refractivity contribution is 4.46. The lowest BCUT2D eigenvalue weighted by Gasteiger charge is -2.12. The van der Waals surface area contributed by atoms with Crippen molar-refractivity contribution < 1.29 is 4.74 Å². The summed E-state index contributed by atoms with van der Waals surface area (Å²) in [5, 5.41) is 0. The smallest absolute Gasteiger partial charge is 0.0515 e. The van der Waals surface area contributed by atoms with Gasteiger partial charge in [0.15, 0.2) is 0 Å². The zero-order chi connectivity index (χ0) is 9.44. The number of rotatable bonds is 2. The van der Waals surface area contributed by atoms with Gasteiger partial charge in [-0.2, -0.15) is 0 Å². The van der Waals surface area contributed by atoms with Crippen LogP contribution >= 0.6 is 0 Å². The van der Waals surface area contributed by atoms with Gasteiger partial charge in [-0.1, -0.05) is 0 Å². The van der Waals surface area contributed by atoms with Crippen molar-refractivity contribution in [3.05, 3.63) is 0 Å². The van der Waals surface area contributed by atoms with E-state index in [1.807, 2.05) is 13.8 Å². The van der Waals surface area contributed by atoms with E-state index in [0.29, 0.717) is 12.1 Å². The quantitative estimate of drug-likeness (QED) is 0.614. The fraction of sp³-hybridized carbons (Fsp3) is 1.00. The molecule has 0 unspecified atom stereocenters. The Hall–Kier alpha value is -0.0800. The predicted octanol–water partition coefficient (Wildman–Crippen LogP) is 2.00. The Morgan fingerprint density at radius 2 is 1.18 bits per heavy atom. The van der Waals surface area contributed by atoms with Gasteiger partial charge in [-0.25, -0.2) is 0 Å². The standard InChI is InChI=1S/C5H13N.C4H10O/c1-5(2)6(3)4;1-4(2)5-3/h5H,1-4H3;4H,1-3H3. The Morgan fingerprint density at radius 1 is 1.00 bits per heavy atom. The summed E-state index contributed by atoms with van der Waals surface area (Å²) in [6.45, 7) is 8.33. The van der Waals surface area contributed by atoms with E-state index in [2.05, 4.69) is 32.8 Å². The summed E-state index contributed by atoms with van der Waals surface area (Å²) in [6, 6.07) is 0.685. The molecule has 0 radical (unpaired) electrons. The minimum Gasteiger partial charge on any atom is -0.382 e. The first-order valence-corrected chi connectivity index (χ1v) is 4.11. The number of ether oxygens (including phenoxy) is 1. The van der Waals surface area contributed by atoms with Crippen LogP contribution in [0.2, 0.25) is 0 Å². The highest BCUT2D eigenvalue weighted by Crippen LogP contribution is 1.84. The first kappa shape index (κ1) is 13.5. The van der Waals surface area contributed by atoms with Crippen molar-refractivity contribution in [1.82, 2.24) is 4.90 Å². The summed E-state index contributed by atoms with van der Waals surface area (Å²) < 4.78 is 4.75. The largest absolute Gasteiger partial charge is 0.382 e. The van der Waals surface area contributed by atoms with Gasteiger partial charge in [-0.05, 0) is 41.8 Å². The second-order valence-corrected chi connectivity index (χ2v) is 3.34. The van der Waals surface area contributed by atoms with E-state index < -0.39 is 0 Å². The van der Waals surface area contributed by atoms with E-state index in [-0.39, 0.29) is 0 Å². The van der Waals surface area contributed by atoms with E-state index in [1.165, 1.54) is 0 Å². The Kier molecular flexibility index (Phi) is 9.85. The molecular formula is C9H23NO. The van der Waals surface area contributed by atoms with Gasteiger partial charge in [0.1, 0.15) is 0 Å². The van der Waals surface area contributed by atoms with Crippen molar-refractivity contribution in [2.45, 2.75) is 39.8 Å². The third-order valence-electron chi connectivity index (χ3n) is 1.50. The molecular weight excluding hydrogens is 138 g/mol. The van der Waals surface area contributed by atoms with Gasteiger partial charge in [0.25, 0.3) is 0 Å². The fourth-order valence-corrected chi connectivity index (χ4v) is 0. The molecule has 0 saturated heterocycles. The van der Waals surface area contributed by atoms with Crippen molar-refractivity contribution >= 4 is 0 Å². The highest BCUT2D eigenvalue weighted by Gasteiger charge is 1.90. The number of hydrogen-bond acceptors (Lipinski definition) is 2. The minimum atomic E-state index is 0.384. The lowest BCUT2D eigenvalue weighted by molar-refractivity contribution is 0.134. The molecule has 2 nitrogen and oxygen atoms in total. The minimum absolute atomic E-state index is 0.384. The molecule has 0 atom stereocenters. The van der Waals surface area contributed by atoms with Crippen molar-refractivity contribution in [3.8, 4) is 0 Å². The molecule has 0 N–H and O–H groups in total. The summed E-state index contributed by atoms with van der Waals surface area (Å²) >= 11 is 0. The molecule has 0 aromatic carbocycles. The van der Waals surface area contributed by atoms with Gasteiger partial charge < -0.3 is 9.64 Å². The van der Waals surface area contributed by atoms with Crippen LogP contribution in [0, 0.1) is 0 Å². The predicted molar refractivity (Wildman–Crippen MR) is 51.0 cm³/mol. The van der Waals surface area contributed by atoms with E-state index in [4.69, 9.17) is 4.74 Å². The molecule has 0 fully saturated rings. The molecule has 0 aliphatic carbocycles. The van der Waals surface area contributed by atoms with E-state index >= 15 is 0 Å². The van der Waals surface area contributed by atoms with E-state index in [1.54, 1.807) is 7.11 Å². The third kappa shape index (κ3) is 17.8. The molecule has 0 heterocycles. The maximum Gasteiger partial charge on any atom is 0.0515 e. The number of hydrogen-bond donors (Lipinski definition) is 0.